The minimum Gasteiger partial charge on any atom is -0.497 e. The minimum absolute atomic E-state index is 0.0942. The predicted octanol–water partition coefficient (Wildman–Crippen LogP) is 2.84. The van der Waals surface area contributed by atoms with Gasteiger partial charge in [0.15, 0.2) is 0 Å². The molecule has 1 aromatic heterocycles. The molecule has 112 valence electrons. The summed E-state index contributed by atoms with van der Waals surface area (Å²) in [5.74, 6) is 1.06. The van der Waals surface area contributed by atoms with E-state index in [1.807, 2.05) is 0 Å². The molecule has 0 aliphatic heterocycles. The van der Waals surface area contributed by atoms with E-state index in [-0.39, 0.29) is 18.3 Å². The van der Waals surface area contributed by atoms with Gasteiger partial charge in [-0.2, -0.15) is 0 Å². The molecule has 0 amide bonds. The van der Waals surface area contributed by atoms with Gasteiger partial charge in [0.25, 0.3) is 0 Å². The number of rotatable bonds is 5. The van der Waals surface area contributed by atoms with Gasteiger partial charge in [0, 0.05) is 0 Å². The summed E-state index contributed by atoms with van der Waals surface area (Å²) in [6.45, 7) is 3.69. The maximum Gasteiger partial charge on any atom is 0.376 e. The van der Waals surface area contributed by atoms with Crippen molar-refractivity contribution in [3.05, 3.63) is 29.7 Å². The Morgan fingerprint density at radius 2 is 2.05 bits per heavy atom. The third-order valence-corrected chi connectivity index (χ3v) is 2.89. The van der Waals surface area contributed by atoms with Crippen molar-refractivity contribution in [1.82, 2.24) is 4.98 Å². The number of hydrogen-bond donors (Lipinski definition) is 0. The lowest BCUT2D eigenvalue weighted by Gasteiger charge is -2.07. The fraction of sp³-hybridized carbons (Fsp3) is 0.333. The van der Waals surface area contributed by atoms with Crippen LogP contribution in [0.15, 0.2) is 22.6 Å². The van der Waals surface area contributed by atoms with Crippen LogP contribution in [0.4, 0.5) is 0 Å². The van der Waals surface area contributed by atoms with Crippen LogP contribution in [0.5, 0.6) is 11.5 Å². The lowest BCUT2D eigenvalue weighted by molar-refractivity contribution is 0.0490. The number of benzene rings is 1. The molecule has 6 nitrogen and oxygen atoms in total. The Balaban J connectivity index is 2.47. The highest BCUT2D eigenvalue weighted by molar-refractivity contribution is 5.88. The van der Waals surface area contributed by atoms with Crippen LogP contribution in [0.25, 0.3) is 11.5 Å². The molecule has 1 heterocycles. The Kier molecular flexibility index (Phi) is 4.47. The fourth-order valence-corrected chi connectivity index (χ4v) is 1.88. The highest BCUT2D eigenvalue weighted by atomic mass is 16.5. The van der Waals surface area contributed by atoms with Crippen LogP contribution in [0.2, 0.25) is 0 Å². The van der Waals surface area contributed by atoms with Crippen LogP contribution in [0.3, 0.4) is 0 Å². The fourth-order valence-electron chi connectivity index (χ4n) is 1.88. The molecule has 0 bridgehead atoms. The zero-order chi connectivity index (χ0) is 15.4. The number of carbonyl (C=O) groups excluding carboxylic acids is 1. The molecule has 6 heteroatoms. The Labute approximate surface area is 122 Å². The molecule has 2 aromatic rings. The molecule has 0 aliphatic rings. The highest BCUT2D eigenvalue weighted by Crippen LogP contribution is 2.33. The molecular weight excluding hydrogens is 274 g/mol. The predicted molar refractivity (Wildman–Crippen MR) is 75.7 cm³/mol. The second kappa shape index (κ2) is 6.30. The summed E-state index contributed by atoms with van der Waals surface area (Å²) in [6, 6.07) is 5.25. The molecule has 0 unspecified atom stereocenters. The van der Waals surface area contributed by atoms with Crippen molar-refractivity contribution >= 4 is 5.97 Å². The number of ether oxygens (including phenoxy) is 3. The van der Waals surface area contributed by atoms with Crippen LogP contribution in [0.1, 0.15) is 23.2 Å². The van der Waals surface area contributed by atoms with Gasteiger partial charge in [0.1, 0.15) is 11.5 Å². The molecule has 0 saturated heterocycles. The number of carbonyl (C=O) groups is 1. The zero-order valence-corrected chi connectivity index (χ0v) is 12.4. The van der Waals surface area contributed by atoms with Crippen LogP contribution in [-0.4, -0.2) is 31.8 Å². The van der Waals surface area contributed by atoms with Gasteiger partial charge in [-0.3, -0.25) is 0 Å². The average molecular weight is 291 g/mol. The first-order chi connectivity index (χ1) is 10.1. The number of esters is 1. The number of nitrogens with zero attached hydrogens (tertiary/aromatic N) is 1. The lowest BCUT2D eigenvalue weighted by atomic mass is 10.2. The Morgan fingerprint density at radius 1 is 1.29 bits per heavy atom. The normalized spacial score (nSPS) is 10.3. The van der Waals surface area contributed by atoms with E-state index in [0.717, 1.165) is 0 Å². The number of hydrogen-bond acceptors (Lipinski definition) is 6. The summed E-state index contributed by atoms with van der Waals surface area (Å²) >= 11 is 0. The van der Waals surface area contributed by atoms with Crippen molar-refractivity contribution in [1.29, 1.82) is 0 Å². The van der Waals surface area contributed by atoms with Crippen molar-refractivity contribution in [2.24, 2.45) is 0 Å². The van der Waals surface area contributed by atoms with Gasteiger partial charge in [-0.15, -0.1) is 0 Å². The molecule has 0 atom stereocenters. The van der Waals surface area contributed by atoms with Gasteiger partial charge in [-0.25, -0.2) is 9.78 Å². The smallest absolute Gasteiger partial charge is 0.376 e. The first kappa shape index (κ1) is 14.9. The summed E-state index contributed by atoms with van der Waals surface area (Å²) in [5, 5.41) is 0. The van der Waals surface area contributed by atoms with E-state index in [1.54, 1.807) is 46.3 Å². The van der Waals surface area contributed by atoms with E-state index in [0.29, 0.717) is 22.8 Å². The molecule has 0 N–H and O–H groups in total. The molecule has 0 radical (unpaired) electrons. The molecule has 0 aliphatic carbocycles. The standard InChI is InChI=1S/C15H17NO5/c1-5-20-15(17)13-9(2)16-14(21-13)11-8-10(18-3)6-7-12(11)19-4/h6-8H,5H2,1-4H3. The van der Waals surface area contributed by atoms with Gasteiger partial charge in [-0.1, -0.05) is 0 Å². The molecular formula is C15H17NO5. The van der Waals surface area contributed by atoms with E-state index in [4.69, 9.17) is 18.6 Å². The Hall–Kier alpha value is -2.50. The van der Waals surface area contributed by atoms with Crippen LogP contribution < -0.4 is 9.47 Å². The third-order valence-electron chi connectivity index (χ3n) is 2.89. The van der Waals surface area contributed by atoms with E-state index < -0.39 is 5.97 Å². The van der Waals surface area contributed by atoms with Crippen LogP contribution >= 0.6 is 0 Å². The van der Waals surface area contributed by atoms with Crippen molar-refractivity contribution in [3.8, 4) is 23.0 Å². The first-order valence-electron chi connectivity index (χ1n) is 6.47. The number of oxazole rings is 1. The third kappa shape index (κ3) is 2.99. The van der Waals surface area contributed by atoms with E-state index in [2.05, 4.69) is 4.98 Å². The molecule has 1 aromatic carbocycles. The van der Waals surface area contributed by atoms with Crippen molar-refractivity contribution in [2.45, 2.75) is 13.8 Å². The Bertz CT molecular complexity index is 648. The van der Waals surface area contributed by atoms with Crippen molar-refractivity contribution < 1.29 is 23.4 Å². The number of methoxy groups -OCH3 is 2. The molecule has 0 fully saturated rings. The second-order valence-corrected chi connectivity index (χ2v) is 4.22. The topological polar surface area (TPSA) is 70.8 Å². The van der Waals surface area contributed by atoms with Gasteiger partial charge in [0.05, 0.1) is 32.1 Å². The largest absolute Gasteiger partial charge is 0.497 e. The number of aromatic nitrogens is 1. The van der Waals surface area contributed by atoms with Crippen molar-refractivity contribution in [2.75, 3.05) is 20.8 Å². The van der Waals surface area contributed by atoms with E-state index in [9.17, 15) is 4.79 Å². The second-order valence-electron chi connectivity index (χ2n) is 4.22. The summed E-state index contributed by atoms with van der Waals surface area (Å²) in [7, 11) is 3.11. The van der Waals surface area contributed by atoms with Gasteiger partial charge < -0.3 is 18.6 Å². The maximum atomic E-state index is 11.8. The summed E-state index contributed by atoms with van der Waals surface area (Å²) in [5.41, 5.74) is 1.07. The quantitative estimate of drug-likeness (QED) is 0.789. The summed E-state index contributed by atoms with van der Waals surface area (Å²) < 4.78 is 20.9. The van der Waals surface area contributed by atoms with Gasteiger partial charge in [0.2, 0.25) is 11.7 Å². The van der Waals surface area contributed by atoms with Crippen LogP contribution in [0, 0.1) is 6.92 Å². The molecule has 0 saturated carbocycles. The average Bonchev–Trinajstić information content (AvgIpc) is 2.88. The SMILES string of the molecule is CCOC(=O)c1oc(-c2cc(OC)ccc2OC)nc1C. The maximum absolute atomic E-state index is 11.8. The summed E-state index contributed by atoms with van der Waals surface area (Å²) in [4.78, 5) is 16.0. The zero-order valence-electron chi connectivity index (χ0n) is 12.4. The number of aryl methyl sites for hydroxylation is 1. The van der Waals surface area contributed by atoms with Crippen LogP contribution in [-0.2, 0) is 4.74 Å². The first-order valence-corrected chi connectivity index (χ1v) is 6.47. The van der Waals surface area contributed by atoms with E-state index >= 15 is 0 Å². The Morgan fingerprint density at radius 3 is 2.67 bits per heavy atom. The summed E-state index contributed by atoms with van der Waals surface area (Å²) in [6.07, 6.45) is 0. The monoisotopic (exact) mass is 291 g/mol. The molecule has 0 spiro atoms. The molecule has 21 heavy (non-hydrogen) atoms. The lowest BCUT2D eigenvalue weighted by Crippen LogP contribution is -2.04. The molecule has 2 rings (SSSR count). The van der Waals surface area contributed by atoms with Gasteiger partial charge >= 0.3 is 5.97 Å². The highest BCUT2D eigenvalue weighted by Gasteiger charge is 2.21. The van der Waals surface area contributed by atoms with Crippen molar-refractivity contribution in [3.63, 3.8) is 0 Å². The van der Waals surface area contributed by atoms with E-state index in [1.165, 1.54) is 0 Å². The van der Waals surface area contributed by atoms with Gasteiger partial charge in [-0.05, 0) is 32.0 Å². The minimum atomic E-state index is -0.532.